The van der Waals surface area contributed by atoms with Crippen molar-refractivity contribution in [3.8, 4) is 0 Å². The van der Waals surface area contributed by atoms with E-state index >= 15 is 0 Å². The molecule has 3 fully saturated rings. The van der Waals surface area contributed by atoms with Crippen LogP contribution < -0.4 is 5.32 Å². The summed E-state index contributed by atoms with van der Waals surface area (Å²) in [5.41, 5.74) is 0. The molecule has 2 aliphatic carbocycles. The third kappa shape index (κ3) is 2.66. The van der Waals surface area contributed by atoms with Crippen LogP contribution in [-0.4, -0.2) is 37.3 Å². The Kier molecular flexibility index (Phi) is 3.98. The van der Waals surface area contributed by atoms with Crippen LogP contribution in [0.5, 0.6) is 0 Å². The molecule has 1 saturated heterocycles. The molecule has 5 atom stereocenters. The Morgan fingerprint density at radius 2 is 2.29 bits per heavy atom. The molecule has 1 aliphatic heterocycles. The van der Waals surface area contributed by atoms with Crippen LogP contribution in [0.3, 0.4) is 0 Å². The van der Waals surface area contributed by atoms with Gasteiger partial charge in [-0.3, -0.25) is 0 Å². The highest BCUT2D eigenvalue weighted by Gasteiger charge is 2.41. The normalized spacial score (nSPS) is 42.9. The van der Waals surface area contributed by atoms with Gasteiger partial charge in [0.25, 0.3) is 0 Å². The minimum Gasteiger partial charge on any atom is -0.375 e. The molecule has 2 bridgehead atoms. The highest BCUT2D eigenvalue weighted by atomic mass is 32.2. The lowest BCUT2D eigenvalue weighted by Gasteiger charge is -2.33. The minimum absolute atomic E-state index is 0.456. The number of rotatable bonds is 4. The van der Waals surface area contributed by atoms with Crippen LogP contribution in [0.25, 0.3) is 0 Å². The largest absolute Gasteiger partial charge is 0.375 e. The van der Waals surface area contributed by atoms with E-state index in [0.29, 0.717) is 12.1 Å². The summed E-state index contributed by atoms with van der Waals surface area (Å²) in [5.74, 6) is 5.48. The number of hydrogen-bond donors (Lipinski definition) is 1. The summed E-state index contributed by atoms with van der Waals surface area (Å²) in [6.45, 7) is 0.949. The van der Waals surface area contributed by atoms with Crippen molar-refractivity contribution in [2.75, 3.05) is 25.2 Å². The number of thioether (sulfide) groups is 1. The molecule has 2 saturated carbocycles. The summed E-state index contributed by atoms with van der Waals surface area (Å²) < 4.78 is 5.94. The first-order chi connectivity index (χ1) is 8.36. The van der Waals surface area contributed by atoms with Crippen molar-refractivity contribution in [2.45, 2.75) is 44.2 Å². The van der Waals surface area contributed by atoms with E-state index in [-0.39, 0.29) is 0 Å². The molecule has 0 radical (unpaired) electrons. The summed E-state index contributed by atoms with van der Waals surface area (Å²) in [6, 6.07) is 0.590. The van der Waals surface area contributed by atoms with Crippen molar-refractivity contribution < 1.29 is 4.74 Å². The Bertz CT molecular complexity index is 255. The zero-order valence-corrected chi connectivity index (χ0v) is 11.7. The molecule has 0 amide bonds. The average Bonchev–Trinajstić information content (AvgIpc) is 2.99. The van der Waals surface area contributed by atoms with E-state index in [0.717, 1.165) is 24.4 Å². The van der Waals surface area contributed by atoms with E-state index < -0.39 is 0 Å². The average molecular weight is 255 g/mol. The number of fused-ring (bicyclic) bond motifs is 2. The van der Waals surface area contributed by atoms with E-state index in [1.54, 1.807) is 0 Å². The highest BCUT2D eigenvalue weighted by molar-refractivity contribution is 7.99. The maximum atomic E-state index is 5.94. The lowest BCUT2D eigenvalue weighted by molar-refractivity contribution is 0.0393. The highest BCUT2D eigenvalue weighted by Crippen LogP contribution is 2.50. The van der Waals surface area contributed by atoms with Crippen molar-refractivity contribution in [1.82, 2.24) is 5.32 Å². The van der Waals surface area contributed by atoms with Gasteiger partial charge in [0.15, 0.2) is 0 Å². The fraction of sp³-hybridized carbons (Fsp3) is 1.00. The number of likely N-dealkylation sites (N-methyl/N-ethyl adjacent to an activating group) is 1. The number of ether oxygens (including phenoxy) is 1. The van der Waals surface area contributed by atoms with Gasteiger partial charge in [0.05, 0.1) is 12.7 Å². The molecule has 0 spiro atoms. The van der Waals surface area contributed by atoms with Gasteiger partial charge in [-0.1, -0.05) is 6.42 Å². The zero-order valence-electron chi connectivity index (χ0n) is 10.9. The van der Waals surface area contributed by atoms with Gasteiger partial charge in [-0.15, -0.1) is 0 Å². The molecule has 3 heteroatoms. The first-order valence-electron chi connectivity index (χ1n) is 7.23. The maximum Gasteiger partial charge on any atom is 0.0818 e. The molecule has 98 valence electrons. The summed E-state index contributed by atoms with van der Waals surface area (Å²) in [7, 11) is 2.11. The second-order valence-corrected chi connectivity index (χ2v) is 7.20. The van der Waals surface area contributed by atoms with E-state index in [1.807, 2.05) is 0 Å². The van der Waals surface area contributed by atoms with Gasteiger partial charge < -0.3 is 10.1 Å². The zero-order chi connectivity index (χ0) is 11.7. The van der Waals surface area contributed by atoms with Gasteiger partial charge in [-0.2, -0.15) is 11.8 Å². The molecule has 1 heterocycles. The molecule has 17 heavy (non-hydrogen) atoms. The Balaban J connectivity index is 1.54. The van der Waals surface area contributed by atoms with Gasteiger partial charge >= 0.3 is 0 Å². The second kappa shape index (κ2) is 5.50. The summed E-state index contributed by atoms with van der Waals surface area (Å²) in [6.07, 6.45) is 7.86. The lowest BCUT2D eigenvalue weighted by Crippen LogP contribution is -2.44. The first kappa shape index (κ1) is 12.3. The topological polar surface area (TPSA) is 21.3 Å². The van der Waals surface area contributed by atoms with Gasteiger partial charge in [0.1, 0.15) is 0 Å². The van der Waals surface area contributed by atoms with Crippen LogP contribution in [0, 0.1) is 17.8 Å². The monoisotopic (exact) mass is 255 g/mol. The van der Waals surface area contributed by atoms with Crippen LogP contribution >= 0.6 is 11.8 Å². The van der Waals surface area contributed by atoms with Gasteiger partial charge in [-0.05, 0) is 50.5 Å². The third-order valence-electron chi connectivity index (χ3n) is 5.10. The summed E-state index contributed by atoms with van der Waals surface area (Å²) in [4.78, 5) is 0. The van der Waals surface area contributed by atoms with Crippen molar-refractivity contribution >= 4 is 11.8 Å². The predicted molar refractivity (Wildman–Crippen MR) is 73.5 cm³/mol. The summed E-state index contributed by atoms with van der Waals surface area (Å²) in [5, 5.41) is 3.52. The van der Waals surface area contributed by atoms with Crippen LogP contribution in [0.2, 0.25) is 0 Å². The van der Waals surface area contributed by atoms with Crippen molar-refractivity contribution in [2.24, 2.45) is 17.8 Å². The fourth-order valence-electron chi connectivity index (χ4n) is 4.19. The Morgan fingerprint density at radius 3 is 2.88 bits per heavy atom. The molecule has 0 aromatic heterocycles. The van der Waals surface area contributed by atoms with E-state index in [9.17, 15) is 0 Å². The molecule has 2 nitrogen and oxygen atoms in total. The van der Waals surface area contributed by atoms with E-state index in [1.165, 1.54) is 43.6 Å². The van der Waals surface area contributed by atoms with Gasteiger partial charge in [-0.25, -0.2) is 0 Å². The van der Waals surface area contributed by atoms with Gasteiger partial charge in [0.2, 0.25) is 0 Å². The fourth-order valence-corrected chi connectivity index (χ4v) is 5.13. The molecule has 3 rings (SSSR count). The smallest absolute Gasteiger partial charge is 0.0818 e. The van der Waals surface area contributed by atoms with Gasteiger partial charge in [0, 0.05) is 17.5 Å². The molecule has 5 unspecified atom stereocenters. The van der Waals surface area contributed by atoms with Crippen molar-refractivity contribution in [3.63, 3.8) is 0 Å². The minimum atomic E-state index is 0.456. The quantitative estimate of drug-likeness (QED) is 0.834. The first-order valence-corrected chi connectivity index (χ1v) is 8.39. The Morgan fingerprint density at radius 1 is 1.35 bits per heavy atom. The standard InChI is InChI=1S/C14H25NOS/c1-15-13(14-9-17-5-4-16-14)8-12-7-10-2-3-11(12)6-10/h10-15H,2-9H2,1H3. The Hall–Kier alpha value is 0.270. The number of hydrogen-bond acceptors (Lipinski definition) is 3. The van der Waals surface area contributed by atoms with Crippen LogP contribution in [0.1, 0.15) is 32.1 Å². The van der Waals surface area contributed by atoms with E-state index in [4.69, 9.17) is 4.74 Å². The Labute approximate surface area is 109 Å². The lowest BCUT2D eigenvalue weighted by atomic mass is 9.83. The SMILES string of the molecule is CNC(CC1CC2CCC1C2)C1CSCCO1. The third-order valence-corrected chi connectivity index (χ3v) is 6.12. The number of nitrogens with one attached hydrogen (secondary N) is 1. The molecular weight excluding hydrogens is 230 g/mol. The summed E-state index contributed by atoms with van der Waals surface area (Å²) >= 11 is 2.05. The molecular formula is C14H25NOS. The molecule has 0 aromatic carbocycles. The van der Waals surface area contributed by atoms with Crippen LogP contribution in [0.15, 0.2) is 0 Å². The maximum absolute atomic E-state index is 5.94. The molecule has 0 aromatic rings. The molecule has 3 aliphatic rings. The second-order valence-electron chi connectivity index (χ2n) is 6.05. The van der Waals surface area contributed by atoms with Crippen molar-refractivity contribution in [3.05, 3.63) is 0 Å². The van der Waals surface area contributed by atoms with E-state index in [2.05, 4.69) is 24.1 Å². The predicted octanol–water partition coefficient (Wildman–Crippen LogP) is 2.53. The molecule has 1 N–H and O–H groups in total. The van der Waals surface area contributed by atoms with Crippen molar-refractivity contribution in [1.29, 1.82) is 0 Å². The van der Waals surface area contributed by atoms with Crippen LogP contribution in [0.4, 0.5) is 0 Å². The van der Waals surface area contributed by atoms with Crippen LogP contribution in [-0.2, 0) is 4.74 Å².